The molecule has 0 amide bonds. The van der Waals surface area contributed by atoms with Gasteiger partial charge < -0.3 is 9.64 Å². The van der Waals surface area contributed by atoms with Crippen LogP contribution in [0.25, 0.3) is 0 Å². The normalized spacial score (nSPS) is 19.6. The van der Waals surface area contributed by atoms with Gasteiger partial charge in [0.1, 0.15) is 0 Å². The zero-order chi connectivity index (χ0) is 22.2. The number of ether oxygens (including phenoxy) is 1. The SMILES string of the molecule is COC(=N)c1ccc2c(c1)C(C)(c1ccc(Cl)cc1)CC(C)(C)N2Cc1ccccc1. The summed E-state index contributed by atoms with van der Waals surface area (Å²) < 4.78 is 5.23. The van der Waals surface area contributed by atoms with Gasteiger partial charge in [0.2, 0.25) is 5.90 Å². The summed E-state index contributed by atoms with van der Waals surface area (Å²) in [4.78, 5) is 2.50. The van der Waals surface area contributed by atoms with Gasteiger partial charge in [-0.25, -0.2) is 0 Å². The maximum absolute atomic E-state index is 8.21. The summed E-state index contributed by atoms with van der Waals surface area (Å²) in [5, 5.41) is 8.95. The summed E-state index contributed by atoms with van der Waals surface area (Å²) in [6, 6.07) is 25.0. The van der Waals surface area contributed by atoms with Crippen LogP contribution < -0.4 is 4.90 Å². The highest BCUT2D eigenvalue weighted by atomic mass is 35.5. The Hall–Kier alpha value is -2.78. The number of rotatable bonds is 4. The van der Waals surface area contributed by atoms with E-state index in [1.807, 2.05) is 18.2 Å². The van der Waals surface area contributed by atoms with Gasteiger partial charge in [0.15, 0.2) is 0 Å². The van der Waals surface area contributed by atoms with Crippen LogP contribution >= 0.6 is 11.6 Å². The second-order valence-corrected chi connectivity index (χ2v) is 9.60. The number of benzene rings is 3. The number of hydrogen-bond acceptors (Lipinski definition) is 3. The molecular formula is C27H29ClN2O. The standard InChI is InChI=1S/C27H29ClN2O/c1-26(2)18-27(3,21-11-13-22(28)14-12-21)23-16-20(25(29)31-4)10-15-24(23)30(26)17-19-8-6-5-7-9-19/h5-16,29H,17-18H2,1-4H3. The Labute approximate surface area is 190 Å². The molecule has 3 nitrogen and oxygen atoms in total. The average molecular weight is 433 g/mol. The minimum Gasteiger partial charge on any atom is -0.481 e. The fourth-order valence-electron chi connectivity index (χ4n) is 4.99. The maximum Gasteiger partial charge on any atom is 0.212 e. The van der Waals surface area contributed by atoms with E-state index in [1.165, 1.54) is 22.4 Å². The molecule has 160 valence electrons. The number of halogens is 1. The van der Waals surface area contributed by atoms with E-state index in [2.05, 4.69) is 80.3 Å². The first kappa shape index (κ1) is 21.5. The third-order valence-electron chi connectivity index (χ3n) is 6.53. The highest BCUT2D eigenvalue weighted by Gasteiger charge is 2.45. The smallest absolute Gasteiger partial charge is 0.212 e. The molecule has 31 heavy (non-hydrogen) atoms. The Morgan fingerprint density at radius 3 is 2.32 bits per heavy atom. The molecule has 1 aliphatic heterocycles. The van der Waals surface area contributed by atoms with E-state index >= 15 is 0 Å². The number of anilines is 1. The molecule has 0 aromatic heterocycles. The predicted molar refractivity (Wildman–Crippen MR) is 130 cm³/mol. The molecule has 1 heterocycles. The van der Waals surface area contributed by atoms with Gasteiger partial charge in [0.25, 0.3) is 0 Å². The number of nitrogens with zero attached hydrogens (tertiary/aromatic N) is 1. The average Bonchev–Trinajstić information content (AvgIpc) is 2.76. The molecule has 1 aliphatic rings. The zero-order valence-electron chi connectivity index (χ0n) is 18.6. The van der Waals surface area contributed by atoms with E-state index < -0.39 is 0 Å². The summed E-state index contributed by atoms with van der Waals surface area (Å²) in [7, 11) is 1.55. The molecule has 0 saturated carbocycles. The first-order valence-electron chi connectivity index (χ1n) is 10.6. The van der Waals surface area contributed by atoms with Gasteiger partial charge in [0.05, 0.1) is 7.11 Å². The Kier molecular flexibility index (Phi) is 5.57. The van der Waals surface area contributed by atoms with Crippen molar-refractivity contribution in [3.8, 4) is 0 Å². The van der Waals surface area contributed by atoms with E-state index in [4.69, 9.17) is 21.7 Å². The third kappa shape index (κ3) is 3.95. The van der Waals surface area contributed by atoms with Gasteiger partial charge >= 0.3 is 0 Å². The van der Waals surface area contributed by atoms with Crippen LogP contribution in [0.15, 0.2) is 72.8 Å². The van der Waals surface area contributed by atoms with E-state index in [-0.39, 0.29) is 16.9 Å². The molecular weight excluding hydrogens is 404 g/mol. The molecule has 3 aromatic carbocycles. The fourth-order valence-corrected chi connectivity index (χ4v) is 5.12. The maximum atomic E-state index is 8.21. The van der Waals surface area contributed by atoms with Crippen LogP contribution in [-0.4, -0.2) is 18.5 Å². The van der Waals surface area contributed by atoms with Crippen molar-refractivity contribution in [2.75, 3.05) is 12.0 Å². The summed E-state index contributed by atoms with van der Waals surface area (Å²) >= 11 is 6.20. The summed E-state index contributed by atoms with van der Waals surface area (Å²) in [6.07, 6.45) is 0.936. The minimum atomic E-state index is -0.222. The summed E-state index contributed by atoms with van der Waals surface area (Å²) in [6.45, 7) is 7.77. The summed E-state index contributed by atoms with van der Waals surface area (Å²) in [5.74, 6) is 0.181. The first-order valence-corrected chi connectivity index (χ1v) is 11.0. The lowest BCUT2D eigenvalue weighted by Gasteiger charge is -2.53. The lowest BCUT2D eigenvalue weighted by Crippen LogP contribution is -2.53. The minimum absolute atomic E-state index is 0.0759. The first-order chi connectivity index (χ1) is 14.7. The zero-order valence-corrected chi connectivity index (χ0v) is 19.3. The van der Waals surface area contributed by atoms with Gasteiger partial charge in [-0.15, -0.1) is 0 Å². The second kappa shape index (κ2) is 8.05. The van der Waals surface area contributed by atoms with E-state index in [9.17, 15) is 0 Å². The molecule has 0 bridgehead atoms. The molecule has 4 heteroatoms. The van der Waals surface area contributed by atoms with Gasteiger partial charge in [-0.1, -0.05) is 61.0 Å². The Morgan fingerprint density at radius 1 is 1.00 bits per heavy atom. The highest BCUT2D eigenvalue weighted by Crippen LogP contribution is 2.51. The molecule has 3 aromatic rings. The topological polar surface area (TPSA) is 36.3 Å². The molecule has 0 spiro atoms. The van der Waals surface area contributed by atoms with Crippen LogP contribution in [-0.2, 0) is 16.7 Å². The van der Waals surface area contributed by atoms with Crippen molar-refractivity contribution in [2.24, 2.45) is 0 Å². The van der Waals surface area contributed by atoms with E-state index in [0.717, 1.165) is 23.6 Å². The van der Waals surface area contributed by atoms with Gasteiger partial charge in [-0.3, -0.25) is 5.41 Å². The molecule has 0 radical (unpaired) electrons. The largest absolute Gasteiger partial charge is 0.481 e. The fraction of sp³-hybridized carbons (Fsp3) is 0.296. The summed E-state index contributed by atoms with van der Waals surface area (Å²) in [5.41, 5.74) is 5.42. The van der Waals surface area contributed by atoms with Crippen molar-refractivity contribution in [3.63, 3.8) is 0 Å². The number of nitrogens with one attached hydrogen (secondary N) is 1. The highest BCUT2D eigenvalue weighted by molar-refractivity contribution is 6.30. The van der Waals surface area contributed by atoms with Crippen LogP contribution in [0.1, 0.15) is 49.4 Å². The Morgan fingerprint density at radius 2 is 1.68 bits per heavy atom. The van der Waals surface area contributed by atoms with Crippen molar-refractivity contribution in [1.82, 2.24) is 0 Å². The molecule has 1 atom stereocenters. The van der Waals surface area contributed by atoms with Crippen LogP contribution in [0.3, 0.4) is 0 Å². The van der Waals surface area contributed by atoms with Crippen LogP contribution in [0.2, 0.25) is 5.02 Å². The van der Waals surface area contributed by atoms with E-state index in [1.54, 1.807) is 7.11 Å². The van der Waals surface area contributed by atoms with Gasteiger partial charge in [-0.2, -0.15) is 0 Å². The molecule has 0 aliphatic carbocycles. The Bertz CT molecular complexity index is 1090. The number of fused-ring (bicyclic) bond motifs is 1. The van der Waals surface area contributed by atoms with Crippen molar-refractivity contribution < 1.29 is 4.74 Å². The number of methoxy groups -OCH3 is 1. The predicted octanol–water partition coefficient (Wildman–Crippen LogP) is 6.81. The second-order valence-electron chi connectivity index (χ2n) is 9.17. The molecule has 0 saturated heterocycles. The number of hydrogen-bond donors (Lipinski definition) is 1. The lowest BCUT2D eigenvalue weighted by molar-refractivity contribution is 0.320. The molecule has 4 rings (SSSR count). The molecule has 0 fully saturated rings. The third-order valence-corrected chi connectivity index (χ3v) is 6.78. The van der Waals surface area contributed by atoms with Gasteiger partial charge in [0, 0.05) is 33.8 Å². The monoisotopic (exact) mass is 432 g/mol. The van der Waals surface area contributed by atoms with Crippen molar-refractivity contribution >= 4 is 23.2 Å². The van der Waals surface area contributed by atoms with E-state index in [0.29, 0.717) is 0 Å². The Balaban J connectivity index is 1.90. The quantitative estimate of drug-likeness (QED) is 0.363. The van der Waals surface area contributed by atoms with Crippen LogP contribution in [0, 0.1) is 5.41 Å². The molecule has 1 unspecified atom stereocenters. The van der Waals surface area contributed by atoms with Crippen molar-refractivity contribution in [2.45, 2.75) is 44.7 Å². The van der Waals surface area contributed by atoms with Gasteiger partial charge in [-0.05, 0) is 67.3 Å². The van der Waals surface area contributed by atoms with Crippen LogP contribution in [0.5, 0.6) is 0 Å². The van der Waals surface area contributed by atoms with Crippen molar-refractivity contribution in [3.05, 3.63) is 100 Å². The van der Waals surface area contributed by atoms with Crippen LogP contribution in [0.4, 0.5) is 5.69 Å². The molecule has 1 N–H and O–H groups in total. The lowest BCUT2D eigenvalue weighted by atomic mass is 9.65. The van der Waals surface area contributed by atoms with Crippen molar-refractivity contribution in [1.29, 1.82) is 5.41 Å².